The highest BCUT2D eigenvalue weighted by molar-refractivity contribution is 9.13. The third-order valence-electron chi connectivity index (χ3n) is 3.14. The van der Waals surface area contributed by atoms with Crippen molar-refractivity contribution in [3.8, 4) is 0 Å². The molecule has 1 atom stereocenters. The highest BCUT2D eigenvalue weighted by Crippen LogP contribution is 2.43. The highest BCUT2D eigenvalue weighted by Gasteiger charge is 2.32. The fourth-order valence-electron chi connectivity index (χ4n) is 1.88. The molecule has 1 aromatic carbocycles. The minimum absolute atomic E-state index is 0.314. The normalized spacial score (nSPS) is 13.6. The molecule has 0 saturated heterocycles. The number of hydrogen-bond acceptors (Lipinski definition) is 2. The first-order chi connectivity index (χ1) is 8.43. The molecule has 1 nitrogen and oxygen atoms in total. The molecular formula is C14H14Br2OS. The molecule has 0 fully saturated rings. The third-order valence-corrected chi connectivity index (χ3v) is 6.44. The molecule has 0 saturated carbocycles. The van der Waals surface area contributed by atoms with Gasteiger partial charge in [0.2, 0.25) is 0 Å². The van der Waals surface area contributed by atoms with E-state index >= 15 is 0 Å². The summed E-state index contributed by atoms with van der Waals surface area (Å²) in [5.41, 5.74) is 0.823. The number of benzene rings is 1. The molecule has 2 rings (SSSR count). The van der Waals surface area contributed by atoms with Gasteiger partial charge in [0.15, 0.2) is 0 Å². The molecule has 1 aromatic heterocycles. The van der Waals surface area contributed by atoms with Crippen LogP contribution in [-0.2, 0) is 5.41 Å². The van der Waals surface area contributed by atoms with E-state index in [9.17, 15) is 5.11 Å². The van der Waals surface area contributed by atoms with E-state index in [-0.39, 0.29) is 5.41 Å². The van der Waals surface area contributed by atoms with Crippen LogP contribution in [0.4, 0.5) is 0 Å². The van der Waals surface area contributed by atoms with E-state index in [0.29, 0.717) is 0 Å². The first-order valence-electron chi connectivity index (χ1n) is 5.61. The predicted molar refractivity (Wildman–Crippen MR) is 84.1 cm³/mol. The van der Waals surface area contributed by atoms with Crippen LogP contribution < -0.4 is 0 Å². The fraction of sp³-hybridized carbons (Fsp3) is 0.286. The van der Waals surface area contributed by atoms with E-state index < -0.39 is 6.10 Å². The Morgan fingerprint density at radius 1 is 1.17 bits per heavy atom. The Kier molecular flexibility index (Phi) is 4.32. The lowest BCUT2D eigenvalue weighted by Gasteiger charge is -2.30. The second-order valence-electron chi connectivity index (χ2n) is 4.76. The number of hydrogen-bond donors (Lipinski definition) is 1. The smallest absolute Gasteiger partial charge is 0.0973 e. The van der Waals surface area contributed by atoms with Gasteiger partial charge in [0.05, 0.1) is 9.89 Å². The Morgan fingerprint density at radius 3 is 2.28 bits per heavy atom. The Hall–Kier alpha value is -0.160. The number of thiophene rings is 1. The van der Waals surface area contributed by atoms with Gasteiger partial charge in [-0.15, -0.1) is 11.3 Å². The fourth-order valence-corrected chi connectivity index (χ4v) is 4.14. The van der Waals surface area contributed by atoms with Crippen LogP contribution >= 0.6 is 43.2 Å². The van der Waals surface area contributed by atoms with E-state index in [2.05, 4.69) is 57.8 Å². The van der Waals surface area contributed by atoms with Crippen LogP contribution in [0, 0.1) is 0 Å². The molecule has 1 heterocycles. The summed E-state index contributed by atoms with van der Waals surface area (Å²) in [5.74, 6) is 0. The molecule has 96 valence electrons. The van der Waals surface area contributed by atoms with E-state index in [1.807, 2.05) is 24.3 Å². The molecule has 0 aliphatic rings. The maximum Gasteiger partial charge on any atom is 0.0973 e. The van der Waals surface area contributed by atoms with E-state index in [4.69, 9.17) is 0 Å². The van der Waals surface area contributed by atoms with Gasteiger partial charge in [-0.25, -0.2) is 0 Å². The van der Waals surface area contributed by atoms with Crippen LogP contribution in [0.5, 0.6) is 0 Å². The molecule has 1 N–H and O–H groups in total. The SMILES string of the molecule is CC(C)(c1ccccc1)C(O)c1cc(Br)c(Br)s1. The summed E-state index contributed by atoms with van der Waals surface area (Å²) in [6.45, 7) is 4.13. The summed E-state index contributed by atoms with van der Waals surface area (Å²) in [7, 11) is 0. The largest absolute Gasteiger partial charge is 0.387 e. The van der Waals surface area contributed by atoms with Crippen molar-refractivity contribution < 1.29 is 5.11 Å². The predicted octanol–water partition coefficient (Wildman–Crippen LogP) is 5.28. The van der Waals surface area contributed by atoms with Crippen LogP contribution in [0.15, 0.2) is 44.7 Å². The van der Waals surface area contributed by atoms with Gasteiger partial charge < -0.3 is 5.11 Å². The van der Waals surface area contributed by atoms with E-state index in [1.54, 1.807) is 11.3 Å². The molecule has 1 unspecified atom stereocenters. The van der Waals surface area contributed by atoms with Crippen molar-refractivity contribution in [1.29, 1.82) is 0 Å². The summed E-state index contributed by atoms with van der Waals surface area (Å²) >= 11 is 8.49. The number of aliphatic hydroxyl groups is 1. The first-order valence-corrected chi connectivity index (χ1v) is 8.01. The summed E-state index contributed by atoms with van der Waals surface area (Å²) in [4.78, 5) is 0.961. The third kappa shape index (κ3) is 2.72. The van der Waals surface area contributed by atoms with E-state index in [0.717, 1.165) is 18.7 Å². The lowest BCUT2D eigenvalue weighted by atomic mass is 9.79. The first kappa shape index (κ1) is 14.3. The van der Waals surface area contributed by atoms with Crippen molar-refractivity contribution in [2.45, 2.75) is 25.4 Å². The van der Waals surface area contributed by atoms with Crippen molar-refractivity contribution in [2.24, 2.45) is 0 Å². The molecular weight excluding hydrogens is 376 g/mol. The van der Waals surface area contributed by atoms with Gasteiger partial charge in [-0.1, -0.05) is 44.2 Å². The van der Waals surface area contributed by atoms with Gasteiger partial charge in [0, 0.05) is 14.8 Å². The number of rotatable bonds is 3. The Bertz CT molecular complexity index is 514. The molecule has 4 heteroatoms. The van der Waals surface area contributed by atoms with Gasteiger partial charge in [0.25, 0.3) is 0 Å². The van der Waals surface area contributed by atoms with Crippen molar-refractivity contribution in [1.82, 2.24) is 0 Å². The number of aliphatic hydroxyl groups excluding tert-OH is 1. The molecule has 18 heavy (non-hydrogen) atoms. The maximum absolute atomic E-state index is 10.6. The minimum atomic E-state index is -0.521. The van der Waals surface area contributed by atoms with Crippen molar-refractivity contribution >= 4 is 43.2 Å². The van der Waals surface area contributed by atoms with Gasteiger partial charge in [-0.3, -0.25) is 0 Å². The zero-order valence-electron chi connectivity index (χ0n) is 10.2. The Labute approximate surface area is 128 Å². The van der Waals surface area contributed by atoms with Crippen molar-refractivity contribution in [3.05, 3.63) is 55.1 Å². The average molecular weight is 390 g/mol. The molecule has 0 amide bonds. The maximum atomic E-state index is 10.6. The Morgan fingerprint density at radius 2 is 1.78 bits per heavy atom. The van der Waals surface area contributed by atoms with Crippen LogP contribution in [0.3, 0.4) is 0 Å². The second-order valence-corrected chi connectivity index (χ2v) is 8.02. The minimum Gasteiger partial charge on any atom is -0.387 e. The summed E-state index contributed by atoms with van der Waals surface area (Å²) in [5, 5.41) is 10.6. The summed E-state index contributed by atoms with van der Waals surface area (Å²) in [6, 6.07) is 12.1. The standard InChI is InChI=1S/C14H14Br2OS/c1-14(2,9-6-4-3-5-7-9)12(17)11-8-10(15)13(16)18-11/h3-8,12,17H,1-2H3. The van der Waals surface area contributed by atoms with Crippen molar-refractivity contribution in [2.75, 3.05) is 0 Å². The van der Waals surface area contributed by atoms with Crippen LogP contribution in [0.1, 0.15) is 30.4 Å². The molecule has 0 radical (unpaired) electrons. The molecule has 0 aliphatic carbocycles. The molecule has 2 aromatic rings. The van der Waals surface area contributed by atoms with Crippen LogP contribution in [0.2, 0.25) is 0 Å². The highest BCUT2D eigenvalue weighted by atomic mass is 79.9. The topological polar surface area (TPSA) is 20.2 Å². The quantitative estimate of drug-likeness (QED) is 0.756. The van der Waals surface area contributed by atoms with Gasteiger partial charge in [0.1, 0.15) is 0 Å². The Balaban J connectivity index is 2.35. The molecule has 0 bridgehead atoms. The van der Waals surface area contributed by atoms with Crippen LogP contribution in [-0.4, -0.2) is 5.11 Å². The molecule has 0 aliphatic heterocycles. The summed E-state index contributed by atoms with van der Waals surface area (Å²) in [6.07, 6.45) is -0.521. The second kappa shape index (κ2) is 5.45. The van der Waals surface area contributed by atoms with Crippen LogP contribution in [0.25, 0.3) is 0 Å². The monoisotopic (exact) mass is 388 g/mol. The van der Waals surface area contributed by atoms with Gasteiger partial charge in [-0.05, 0) is 43.5 Å². The van der Waals surface area contributed by atoms with Crippen molar-refractivity contribution in [3.63, 3.8) is 0 Å². The number of halogens is 2. The zero-order chi connectivity index (χ0) is 13.3. The lowest BCUT2D eigenvalue weighted by Crippen LogP contribution is -2.26. The average Bonchev–Trinajstić information content (AvgIpc) is 2.69. The lowest BCUT2D eigenvalue weighted by molar-refractivity contribution is 0.104. The van der Waals surface area contributed by atoms with Gasteiger partial charge >= 0.3 is 0 Å². The van der Waals surface area contributed by atoms with E-state index in [1.165, 1.54) is 0 Å². The van der Waals surface area contributed by atoms with Gasteiger partial charge in [-0.2, -0.15) is 0 Å². The molecule has 0 spiro atoms. The summed E-state index contributed by atoms with van der Waals surface area (Å²) < 4.78 is 2.01. The zero-order valence-corrected chi connectivity index (χ0v) is 14.1.